The molecule has 0 heterocycles. The molecule has 0 aliphatic rings. The van der Waals surface area contributed by atoms with Gasteiger partial charge in [-0.1, -0.05) is 36.9 Å². The number of nitrogens with one attached hydrogen (secondary N) is 1. The van der Waals surface area contributed by atoms with Crippen molar-refractivity contribution in [2.75, 3.05) is 5.32 Å². The van der Waals surface area contributed by atoms with Gasteiger partial charge >= 0.3 is 0 Å². The number of carbonyl (C=O) groups excluding carboxylic acids is 1. The molecular formula is C13H15NO. The molecule has 0 aromatic heterocycles. The van der Waals surface area contributed by atoms with Gasteiger partial charge in [0, 0.05) is 11.3 Å². The second-order valence-electron chi connectivity index (χ2n) is 3.35. The molecule has 1 amide bonds. The molecule has 0 atom stereocenters. The number of para-hydroxylation sites is 1. The van der Waals surface area contributed by atoms with Gasteiger partial charge in [0.15, 0.2) is 0 Å². The van der Waals surface area contributed by atoms with Crippen LogP contribution in [0, 0.1) is 6.92 Å². The molecule has 0 fully saturated rings. The van der Waals surface area contributed by atoms with Crippen LogP contribution in [0.3, 0.4) is 0 Å². The molecule has 1 rings (SSSR count). The van der Waals surface area contributed by atoms with Gasteiger partial charge in [-0.05, 0) is 25.5 Å². The number of amides is 1. The fourth-order valence-corrected chi connectivity index (χ4v) is 1.19. The van der Waals surface area contributed by atoms with Crippen LogP contribution in [0.2, 0.25) is 0 Å². The second-order valence-corrected chi connectivity index (χ2v) is 3.35. The lowest BCUT2D eigenvalue weighted by atomic mass is 10.2. The van der Waals surface area contributed by atoms with E-state index in [2.05, 4.69) is 11.9 Å². The Kier molecular flexibility index (Phi) is 3.86. The monoisotopic (exact) mass is 201 g/mol. The van der Waals surface area contributed by atoms with Gasteiger partial charge in [-0.3, -0.25) is 4.79 Å². The zero-order chi connectivity index (χ0) is 11.3. The van der Waals surface area contributed by atoms with Crippen LogP contribution in [0.25, 0.3) is 0 Å². The summed E-state index contributed by atoms with van der Waals surface area (Å²) in [5, 5.41) is 2.84. The summed E-state index contributed by atoms with van der Waals surface area (Å²) in [7, 11) is 0. The Labute approximate surface area is 90.3 Å². The molecule has 1 N–H and O–H groups in total. The average Bonchev–Trinajstić information content (AvgIpc) is 2.21. The largest absolute Gasteiger partial charge is 0.322 e. The van der Waals surface area contributed by atoms with Gasteiger partial charge in [0.05, 0.1) is 0 Å². The summed E-state index contributed by atoms with van der Waals surface area (Å²) in [5.74, 6) is -0.0933. The molecule has 0 aliphatic heterocycles. The van der Waals surface area contributed by atoms with Gasteiger partial charge in [-0.2, -0.15) is 0 Å². The van der Waals surface area contributed by atoms with E-state index in [-0.39, 0.29) is 5.91 Å². The molecule has 2 heteroatoms. The lowest BCUT2D eigenvalue weighted by Gasteiger charge is -2.07. The molecule has 0 spiro atoms. The Morgan fingerprint density at radius 3 is 2.67 bits per heavy atom. The molecule has 0 saturated heterocycles. The van der Waals surface area contributed by atoms with E-state index in [1.807, 2.05) is 31.2 Å². The van der Waals surface area contributed by atoms with Crippen LogP contribution in [0.1, 0.15) is 12.5 Å². The number of anilines is 1. The van der Waals surface area contributed by atoms with Crippen molar-refractivity contribution in [2.24, 2.45) is 0 Å². The van der Waals surface area contributed by atoms with Gasteiger partial charge in [-0.25, -0.2) is 0 Å². The van der Waals surface area contributed by atoms with Crippen LogP contribution in [-0.2, 0) is 4.79 Å². The highest BCUT2D eigenvalue weighted by Crippen LogP contribution is 2.13. The third-order valence-electron chi connectivity index (χ3n) is 2.12. The van der Waals surface area contributed by atoms with Crippen LogP contribution in [0.15, 0.2) is 48.6 Å². The molecule has 0 unspecified atom stereocenters. The molecule has 2 nitrogen and oxygen atoms in total. The van der Waals surface area contributed by atoms with Crippen molar-refractivity contribution < 1.29 is 4.79 Å². The first kappa shape index (κ1) is 11.2. The van der Waals surface area contributed by atoms with Crippen molar-refractivity contribution in [3.63, 3.8) is 0 Å². The lowest BCUT2D eigenvalue weighted by Crippen LogP contribution is -2.13. The Hall–Kier alpha value is -1.83. The Morgan fingerprint density at radius 2 is 2.07 bits per heavy atom. The van der Waals surface area contributed by atoms with E-state index in [9.17, 15) is 4.79 Å². The number of carbonyl (C=O) groups is 1. The number of hydrogen-bond acceptors (Lipinski definition) is 1. The molecule has 1 aromatic rings. The van der Waals surface area contributed by atoms with Crippen molar-refractivity contribution in [2.45, 2.75) is 13.8 Å². The Bertz CT molecular complexity index is 405. The molecular weight excluding hydrogens is 186 g/mol. The van der Waals surface area contributed by atoms with Gasteiger partial charge in [0.2, 0.25) is 0 Å². The molecule has 15 heavy (non-hydrogen) atoms. The predicted octanol–water partition coefficient (Wildman–Crippen LogP) is 3.07. The summed E-state index contributed by atoms with van der Waals surface area (Å²) in [4.78, 5) is 11.6. The van der Waals surface area contributed by atoms with Gasteiger partial charge in [0.25, 0.3) is 5.91 Å². The van der Waals surface area contributed by atoms with Crippen LogP contribution in [0.4, 0.5) is 5.69 Å². The first-order chi connectivity index (χ1) is 7.15. The zero-order valence-electron chi connectivity index (χ0n) is 9.08. The van der Waals surface area contributed by atoms with Crippen LogP contribution < -0.4 is 5.32 Å². The van der Waals surface area contributed by atoms with E-state index in [1.165, 1.54) is 0 Å². The highest BCUT2D eigenvalue weighted by Gasteiger charge is 2.04. The van der Waals surface area contributed by atoms with Crippen molar-refractivity contribution in [1.82, 2.24) is 0 Å². The summed E-state index contributed by atoms with van der Waals surface area (Å²) in [6.07, 6.45) is 3.29. The molecule has 0 bridgehead atoms. The Balaban J connectivity index is 2.79. The number of rotatable bonds is 3. The van der Waals surface area contributed by atoms with Crippen molar-refractivity contribution in [3.05, 3.63) is 54.1 Å². The predicted molar refractivity (Wildman–Crippen MR) is 63.8 cm³/mol. The van der Waals surface area contributed by atoms with E-state index in [0.717, 1.165) is 11.3 Å². The topological polar surface area (TPSA) is 29.1 Å². The molecule has 0 radical (unpaired) electrons. The number of aryl methyl sites for hydroxylation is 1. The summed E-state index contributed by atoms with van der Waals surface area (Å²) in [6.45, 7) is 7.27. The summed E-state index contributed by atoms with van der Waals surface area (Å²) in [6, 6.07) is 7.68. The highest BCUT2D eigenvalue weighted by molar-refractivity contribution is 6.03. The molecule has 78 valence electrons. The summed E-state index contributed by atoms with van der Waals surface area (Å²) < 4.78 is 0. The quantitative estimate of drug-likeness (QED) is 0.591. The number of benzene rings is 1. The maximum absolute atomic E-state index is 11.6. The van der Waals surface area contributed by atoms with E-state index in [1.54, 1.807) is 19.1 Å². The van der Waals surface area contributed by atoms with Crippen LogP contribution in [0.5, 0.6) is 0 Å². The SMILES string of the molecule is C=C/C=C(\C)C(=O)Nc1ccccc1C. The maximum Gasteiger partial charge on any atom is 0.251 e. The Morgan fingerprint density at radius 1 is 1.40 bits per heavy atom. The minimum atomic E-state index is -0.0933. The molecule has 0 saturated carbocycles. The van der Waals surface area contributed by atoms with E-state index >= 15 is 0 Å². The first-order valence-electron chi connectivity index (χ1n) is 4.81. The minimum absolute atomic E-state index is 0.0933. The van der Waals surface area contributed by atoms with Crippen LogP contribution >= 0.6 is 0 Å². The molecule has 0 aliphatic carbocycles. The normalized spacial score (nSPS) is 10.9. The van der Waals surface area contributed by atoms with E-state index in [0.29, 0.717) is 5.57 Å². The van der Waals surface area contributed by atoms with Gasteiger partial charge in [0.1, 0.15) is 0 Å². The third-order valence-corrected chi connectivity index (χ3v) is 2.12. The minimum Gasteiger partial charge on any atom is -0.322 e. The first-order valence-corrected chi connectivity index (χ1v) is 4.81. The zero-order valence-corrected chi connectivity index (χ0v) is 9.08. The van der Waals surface area contributed by atoms with Gasteiger partial charge in [-0.15, -0.1) is 0 Å². The smallest absolute Gasteiger partial charge is 0.251 e. The van der Waals surface area contributed by atoms with E-state index < -0.39 is 0 Å². The highest BCUT2D eigenvalue weighted by atomic mass is 16.1. The fraction of sp³-hybridized carbons (Fsp3) is 0.154. The summed E-state index contributed by atoms with van der Waals surface area (Å²) in [5.41, 5.74) is 2.55. The number of allylic oxidation sites excluding steroid dienone is 2. The second kappa shape index (κ2) is 5.15. The standard InChI is InChI=1S/C13H15NO/c1-4-7-11(3)13(15)14-12-9-6-5-8-10(12)2/h4-9H,1H2,2-3H3,(H,14,15)/b11-7+. The van der Waals surface area contributed by atoms with Gasteiger partial charge < -0.3 is 5.32 Å². The fourth-order valence-electron chi connectivity index (χ4n) is 1.19. The van der Waals surface area contributed by atoms with Crippen molar-refractivity contribution in [3.8, 4) is 0 Å². The van der Waals surface area contributed by atoms with Crippen LogP contribution in [-0.4, -0.2) is 5.91 Å². The third kappa shape index (κ3) is 3.09. The molecule has 1 aromatic carbocycles. The summed E-state index contributed by atoms with van der Waals surface area (Å²) >= 11 is 0. The number of hydrogen-bond donors (Lipinski definition) is 1. The van der Waals surface area contributed by atoms with Crippen molar-refractivity contribution in [1.29, 1.82) is 0 Å². The maximum atomic E-state index is 11.6. The average molecular weight is 201 g/mol. The van der Waals surface area contributed by atoms with E-state index in [4.69, 9.17) is 0 Å². The lowest BCUT2D eigenvalue weighted by molar-refractivity contribution is -0.112. The van der Waals surface area contributed by atoms with Crippen molar-refractivity contribution >= 4 is 11.6 Å².